The second kappa shape index (κ2) is 10.7. The summed E-state index contributed by atoms with van der Waals surface area (Å²) in [5.74, 6) is 1.48. The van der Waals surface area contributed by atoms with Crippen molar-refractivity contribution >= 4 is 17.4 Å². The molecule has 0 saturated carbocycles. The predicted molar refractivity (Wildman–Crippen MR) is 127 cm³/mol. The van der Waals surface area contributed by atoms with E-state index in [9.17, 15) is 4.79 Å². The van der Waals surface area contributed by atoms with E-state index in [4.69, 9.17) is 9.47 Å². The molecule has 0 unspecified atom stereocenters. The third-order valence-corrected chi connectivity index (χ3v) is 4.72. The third kappa shape index (κ3) is 6.37. The molecule has 0 bridgehead atoms. The van der Waals surface area contributed by atoms with Gasteiger partial charge in [-0.1, -0.05) is 60.7 Å². The number of ether oxygens (including phenoxy) is 2. The van der Waals surface area contributed by atoms with Crippen molar-refractivity contribution in [3.05, 3.63) is 120 Å². The van der Waals surface area contributed by atoms with Crippen molar-refractivity contribution in [2.75, 3.05) is 10.6 Å². The maximum absolute atomic E-state index is 12.3. The summed E-state index contributed by atoms with van der Waals surface area (Å²) in [6, 6.07) is 34.2. The van der Waals surface area contributed by atoms with Gasteiger partial charge < -0.3 is 20.1 Å². The van der Waals surface area contributed by atoms with Crippen molar-refractivity contribution < 1.29 is 14.3 Å². The number of carbonyl (C=O) groups is 1. The first-order chi connectivity index (χ1) is 15.7. The van der Waals surface area contributed by atoms with Crippen LogP contribution < -0.4 is 20.1 Å². The Morgan fingerprint density at radius 2 is 0.906 bits per heavy atom. The standard InChI is InChI=1S/C27H24N2O3/c30-27(28-23-11-15-25(16-12-23)31-19-21-7-3-1-4-8-21)29-24-13-17-26(18-14-24)32-20-22-9-5-2-6-10-22/h1-18H,19-20H2,(H2,28,29,30). The van der Waals surface area contributed by atoms with Gasteiger partial charge in [0.15, 0.2) is 0 Å². The summed E-state index contributed by atoms with van der Waals surface area (Å²) in [6.07, 6.45) is 0. The number of anilines is 2. The molecular formula is C27H24N2O3. The molecule has 0 aromatic heterocycles. The van der Waals surface area contributed by atoms with E-state index in [1.54, 1.807) is 24.3 Å². The van der Waals surface area contributed by atoms with E-state index >= 15 is 0 Å². The highest BCUT2D eigenvalue weighted by Crippen LogP contribution is 2.19. The molecular weight excluding hydrogens is 400 g/mol. The molecule has 2 amide bonds. The summed E-state index contributed by atoms with van der Waals surface area (Å²) in [5, 5.41) is 5.63. The van der Waals surface area contributed by atoms with Gasteiger partial charge in [0.25, 0.3) is 0 Å². The Balaban J connectivity index is 1.23. The number of amides is 2. The number of urea groups is 1. The Kier molecular flexibility index (Phi) is 7.01. The van der Waals surface area contributed by atoms with Gasteiger partial charge in [0.05, 0.1) is 0 Å². The van der Waals surface area contributed by atoms with E-state index in [2.05, 4.69) is 10.6 Å². The van der Waals surface area contributed by atoms with E-state index in [0.29, 0.717) is 24.6 Å². The first-order valence-electron chi connectivity index (χ1n) is 10.4. The number of hydrogen-bond acceptors (Lipinski definition) is 3. The molecule has 0 aliphatic rings. The number of nitrogens with one attached hydrogen (secondary N) is 2. The van der Waals surface area contributed by atoms with Crippen molar-refractivity contribution in [1.29, 1.82) is 0 Å². The van der Waals surface area contributed by atoms with Crippen LogP contribution in [0.3, 0.4) is 0 Å². The number of benzene rings is 4. The number of rotatable bonds is 8. The van der Waals surface area contributed by atoms with Gasteiger partial charge in [-0.05, 0) is 59.7 Å². The summed E-state index contributed by atoms with van der Waals surface area (Å²) < 4.78 is 11.5. The zero-order chi connectivity index (χ0) is 22.0. The third-order valence-electron chi connectivity index (χ3n) is 4.72. The molecule has 0 aliphatic carbocycles. The lowest BCUT2D eigenvalue weighted by Gasteiger charge is -2.10. The molecule has 32 heavy (non-hydrogen) atoms. The molecule has 4 rings (SSSR count). The van der Waals surface area contributed by atoms with E-state index < -0.39 is 0 Å². The molecule has 5 heteroatoms. The predicted octanol–water partition coefficient (Wildman–Crippen LogP) is 6.49. The van der Waals surface area contributed by atoms with Gasteiger partial charge in [-0.2, -0.15) is 0 Å². The number of hydrogen-bond donors (Lipinski definition) is 2. The molecule has 2 N–H and O–H groups in total. The highest BCUT2D eigenvalue weighted by atomic mass is 16.5. The van der Waals surface area contributed by atoms with E-state index in [1.165, 1.54) is 0 Å². The topological polar surface area (TPSA) is 59.6 Å². The lowest BCUT2D eigenvalue weighted by Crippen LogP contribution is -2.19. The van der Waals surface area contributed by atoms with Crippen LogP contribution in [0.4, 0.5) is 16.2 Å². The largest absolute Gasteiger partial charge is 0.489 e. The minimum Gasteiger partial charge on any atom is -0.489 e. The summed E-state index contributed by atoms with van der Waals surface area (Å²) in [7, 11) is 0. The van der Waals surface area contributed by atoms with Crippen LogP contribution in [0.1, 0.15) is 11.1 Å². The number of carbonyl (C=O) groups excluding carboxylic acids is 1. The second-order valence-corrected chi connectivity index (χ2v) is 7.18. The van der Waals surface area contributed by atoms with Gasteiger partial charge in [0, 0.05) is 11.4 Å². The summed E-state index contributed by atoms with van der Waals surface area (Å²) in [5.41, 5.74) is 3.56. The van der Waals surface area contributed by atoms with E-state index in [1.807, 2.05) is 84.9 Å². The zero-order valence-electron chi connectivity index (χ0n) is 17.5. The molecule has 0 spiro atoms. The average Bonchev–Trinajstić information content (AvgIpc) is 2.84. The highest BCUT2D eigenvalue weighted by Gasteiger charge is 2.04. The van der Waals surface area contributed by atoms with Crippen LogP contribution in [0.25, 0.3) is 0 Å². The van der Waals surface area contributed by atoms with E-state index in [0.717, 1.165) is 22.6 Å². The molecule has 4 aromatic carbocycles. The molecule has 0 saturated heterocycles. The van der Waals surface area contributed by atoms with Gasteiger partial charge in [-0.15, -0.1) is 0 Å². The minimum absolute atomic E-state index is 0.319. The van der Waals surface area contributed by atoms with Crippen LogP contribution in [0.5, 0.6) is 11.5 Å². The molecule has 4 aromatic rings. The molecule has 0 radical (unpaired) electrons. The Morgan fingerprint density at radius 1 is 0.531 bits per heavy atom. The zero-order valence-corrected chi connectivity index (χ0v) is 17.5. The van der Waals surface area contributed by atoms with Crippen LogP contribution in [0, 0.1) is 0 Å². The average molecular weight is 425 g/mol. The minimum atomic E-state index is -0.319. The van der Waals surface area contributed by atoms with Gasteiger partial charge in [-0.3, -0.25) is 0 Å². The summed E-state index contributed by atoms with van der Waals surface area (Å²) >= 11 is 0. The molecule has 0 atom stereocenters. The monoisotopic (exact) mass is 424 g/mol. The fourth-order valence-corrected chi connectivity index (χ4v) is 3.04. The summed E-state index contributed by atoms with van der Waals surface area (Å²) in [4.78, 5) is 12.3. The Morgan fingerprint density at radius 3 is 1.28 bits per heavy atom. The molecule has 0 heterocycles. The SMILES string of the molecule is O=C(Nc1ccc(OCc2ccccc2)cc1)Nc1ccc(OCc2ccccc2)cc1. The quantitative estimate of drug-likeness (QED) is 0.340. The van der Waals surface area contributed by atoms with Gasteiger partial charge in [-0.25, -0.2) is 4.79 Å². The Hall–Kier alpha value is -4.25. The van der Waals surface area contributed by atoms with E-state index in [-0.39, 0.29) is 6.03 Å². The van der Waals surface area contributed by atoms with Crippen molar-refractivity contribution in [2.24, 2.45) is 0 Å². The molecule has 0 fully saturated rings. The van der Waals surface area contributed by atoms with Crippen molar-refractivity contribution in [2.45, 2.75) is 13.2 Å². The van der Waals surface area contributed by atoms with Crippen LogP contribution in [-0.2, 0) is 13.2 Å². The van der Waals surface area contributed by atoms with Crippen LogP contribution in [-0.4, -0.2) is 6.03 Å². The van der Waals surface area contributed by atoms with Crippen molar-refractivity contribution in [3.63, 3.8) is 0 Å². The summed E-state index contributed by atoms with van der Waals surface area (Å²) in [6.45, 7) is 0.998. The maximum atomic E-state index is 12.3. The molecule has 5 nitrogen and oxygen atoms in total. The first kappa shape index (κ1) is 21.0. The fourth-order valence-electron chi connectivity index (χ4n) is 3.04. The maximum Gasteiger partial charge on any atom is 0.323 e. The molecule has 160 valence electrons. The lowest BCUT2D eigenvalue weighted by atomic mass is 10.2. The normalized spacial score (nSPS) is 10.2. The van der Waals surface area contributed by atoms with Gasteiger partial charge in [0.2, 0.25) is 0 Å². The van der Waals surface area contributed by atoms with Gasteiger partial charge >= 0.3 is 6.03 Å². The Bertz CT molecular complexity index is 1020. The first-order valence-corrected chi connectivity index (χ1v) is 10.4. The highest BCUT2D eigenvalue weighted by molar-refractivity contribution is 5.99. The second-order valence-electron chi connectivity index (χ2n) is 7.18. The lowest BCUT2D eigenvalue weighted by molar-refractivity contribution is 0.262. The van der Waals surface area contributed by atoms with Crippen LogP contribution in [0.2, 0.25) is 0 Å². The fraction of sp³-hybridized carbons (Fsp3) is 0.0741. The smallest absolute Gasteiger partial charge is 0.323 e. The van der Waals surface area contributed by atoms with Gasteiger partial charge in [0.1, 0.15) is 24.7 Å². The van der Waals surface area contributed by atoms with Crippen molar-refractivity contribution in [1.82, 2.24) is 0 Å². The Labute approximate surface area is 187 Å². The van der Waals surface area contributed by atoms with Crippen LogP contribution in [0.15, 0.2) is 109 Å². The van der Waals surface area contributed by atoms with Crippen LogP contribution >= 0.6 is 0 Å². The molecule has 0 aliphatic heterocycles. The van der Waals surface area contributed by atoms with Crippen molar-refractivity contribution in [3.8, 4) is 11.5 Å².